The fraction of sp³-hybridized carbons (Fsp3) is 0.0488. The Morgan fingerprint density at radius 1 is 0.178 bits per heavy atom. The van der Waals surface area contributed by atoms with Crippen LogP contribution in [0.1, 0.15) is 22.8 Å². The molecule has 0 saturated heterocycles. The van der Waals surface area contributed by atoms with Crippen LogP contribution in [-0.2, 0) is 0 Å². The lowest BCUT2D eigenvalue weighted by Gasteiger charge is -2.08. The number of rotatable bonds is 5. The second-order valence-electron chi connectivity index (χ2n) is 22.5. The minimum atomic E-state index is 0.957. The number of hydrogen-bond acceptors (Lipinski definition) is 8. The first kappa shape index (κ1) is 56.1. The summed E-state index contributed by atoms with van der Waals surface area (Å²) < 4.78 is 0. The third-order valence-corrected chi connectivity index (χ3v) is 16.2. The summed E-state index contributed by atoms with van der Waals surface area (Å²) in [4.78, 5) is 37.9. The van der Waals surface area contributed by atoms with Gasteiger partial charge in [0, 0.05) is 88.8 Å². The molecule has 0 aliphatic carbocycles. The standard InChI is InChI=1S/2C25H18N2.C19H14N2.C13H10N2/c1-17-10-11-19-12-13-20-14-15-23(27-25(20)24(19)26-17)22-9-5-8-21(16-22)18-6-3-2-4-7-18;1-17-7-8-21-13-14-22-15-16-23(27-25(22)24(21)26-17)20-11-9-19(10-12-20)18-5-3-2-4-6-18;1-13-7-8-15-9-10-16-11-12-17(14-5-3-2-4-6-14)21-19(16)18(15)20-13;1-9-4-5-11-7-6-10-3-2-8-14-12(10)13(11)15-9/h2*2-16H,1H3;2-12H,1H3;2-8H,1H3. The van der Waals surface area contributed by atoms with E-state index in [1.165, 1.54) is 22.3 Å². The van der Waals surface area contributed by atoms with Gasteiger partial charge in [-0.15, -0.1) is 0 Å². The number of nitrogens with zero attached hydrogens (tertiary/aromatic N) is 8. The lowest BCUT2D eigenvalue weighted by Crippen LogP contribution is -1.90. The highest BCUT2D eigenvalue weighted by Crippen LogP contribution is 2.32. The third kappa shape index (κ3) is 11.9. The summed E-state index contributed by atoms with van der Waals surface area (Å²) in [5.74, 6) is 0. The molecule has 17 rings (SSSR count). The second kappa shape index (κ2) is 24.9. The summed E-state index contributed by atoms with van der Waals surface area (Å²) in [5, 5.41) is 9.02. The van der Waals surface area contributed by atoms with Crippen LogP contribution in [0.2, 0.25) is 0 Å². The monoisotopic (exact) mass is 1160 g/mol. The van der Waals surface area contributed by atoms with Crippen LogP contribution in [0, 0.1) is 27.7 Å². The van der Waals surface area contributed by atoms with Crippen molar-refractivity contribution in [3.8, 4) is 56.0 Å². The summed E-state index contributed by atoms with van der Waals surface area (Å²) in [7, 11) is 0. The predicted octanol–water partition coefficient (Wildman–Crippen LogP) is 20.7. The molecule has 0 amide bonds. The van der Waals surface area contributed by atoms with Crippen molar-refractivity contribution in [1.29, 1.82) is 0 Å². The van der Waals surface area contributed by atoms with Crippen molar-refractivity contribution in [3.05, 3.63) is 314 Å². The summed E-state index contributed by atoms with van der Waals surface area (Å²) in [6, 6.07) is 98.3. The fourth-order valence-corrected chi connectivity index (χ4v) is 11.5. The third-order valence-electron chi connectivity index (χ3n) is 16.2. The van der Waals surface area contributed by atoms with Gasteiger partial charge >= 0.3 is 0 Å². The molecule has 0 N–H and O–H groups in total. The zero-order valence-electron chi connectivity index (χ0n) is 50.3. The number of aromatic nitrogens is 8. The fourth-order valence-electron chi connectivity index (χ4n) is 11.5. The van der Waals surface area contributed by atoms with E-state index in [-0.39, 0.29) is 0 Å². The second-order valence-corrected chi connectivity index (χ2v) is 22.5. The van der Waals surface area contributed by atoms with Crippen molar-refractivity contribution in [2.45, 2.75) is 27.7 Å². The number of benzene rings is 9. The van der Waals surface area contributed by atoms with Crippen LogP contribution in [0.25, 0.3) is 143 Å². The maximum Gasteiger partial charge on any atom is 0.0972 e. The molecule has 8 heteroatoms. The van der Waals surface area contributed by atoms with Crippen molar-refractivity contribution in [2.24, 2.45) is 0 Å². The van der Waals surface area contributed by atoms with Gasteiger partial charge < -0.3 is 0 Å². The van der Waals surface area contributed by atoms with Crippen LogP contribution in [0.4, 0.5) is 0 Å². The van der Waals surface area contributed by atoms with Gasteiger partial charge in [-0.25, -0.2) is 15.0 Å². The van der Waals surface area contributed by atoms with Gasteiger partial charge in [0.1, 0.15) is 0 Å². The quantitative estimate of drug-likeness (QED) is 0.157. The van der Waals surface area contributed by atoms with E-state index in [0.29, 0.717) is 0 Å². The van der Waals surface area contributed by atoms with Gasteiger partial charge in [-0.1, -0.05) is 231 Å². The largest absolute Gasteiger partial charge is 0.254 e. The molecule has 0 aliphatic rings. The number of fused-ring (bicyclic) bond motifs is 12. The highest BCUT2D eigenvalue weighted by Gasteiger charge is 2.12. The summed E-state index contributed by atoms with van der Waals surface area (Å²) in [5.41, 5.74) is 23.0. The first-order valence-electron chi connectivity index (χ1n) is 30.2. The zero-order chi connectivity index (χ0) is 60.9. The van der Waals surface area contributed by atoms with E-state index in [9.17, 15) is 0 Å². The maximum atomic E-state index is 4.99. The molecule has 0 unspecified atom stereocenters. The van der Waals surface area contributed by atoms with Crippen molar-refractivity contribution in [1.82, 2.24) is 39.9 Å². The van der Waals surface area contributed by atoms with Gasteiger partial charge in [-0.3, -0.25) is 24.9 Å². The van der Waals surface area contributed by atoms with Crippen LogP contribution in [0.5, 0.6) is 0 Å². The molecule has 0 aliphatic heterocycles. The molecule has 0 radical (unpaired) electrons. The molecular formula is C82H60N8. The average molecular weight is 1160 g/mol. The van der Waals surface area contributed by atoms with E-state index in [2.05, 4.69) is 239 Å². The highest BCUT2D eigenvalue weighted by atomic mass is 14.8. The van der Waals surface area contributed by atoms with E-state index in [4.69, 9.17) is 24.9 Å². The molecule has 0 fully saturated rings. The SMILES string of the molecule is Cc1ccc2ccc3ccc(-c4ccc(-c5ccccc5)cc4)nc3c2n1.Cc1ccc2ccc3ccc(-c4cccc(-c5ccccc5)c4)nc3c2n1.Cc1ccc2ccc3ccc(-c4ccccc4)nc3c2n1.Cc1ccc2ccc3cccnc3c2n1. The van der Waals surface area contributed by atoms with Gasteiger partial charge in [-0.2, -0.15) is 0 Å². The minimum Gasteiger partial charge on any atom is -0.254 e. The van der Waals surface area contributed by atoms with E-state index in [1.807, 2.05) is 94.6 Å². The molecule has 0 spiro atoms. The van der Waals surface area contributed by atoms with Crippen molar-refractivity contribution in [2.75, 3.05) is 0 Å². The van der Waals surface area contributed by atoms with E-state index in [0.717, 1.165) is 144 Å². The Bertz CT molecular complexity index is 5470. The van der Waals surface area contributed by atoms with Crippen molar-refractivity contribution >= 4 is 87.2 Å². The zero-order valence-corrected chi connectivity index (χ0v) is 50.3. The topological polar surface area (TPSA) is 103 Å². The summed E-state index contributed by atoms with van der Waals surface area (Å²) in [6.45, 7) is 8.05. The van der Waals surface area contributed by atoms with Crippen LogP contribution in [0.3, 0.4) is 0 Å². The maximum absolute atomic E-state index is 4.99. The Morgan fingerprint density at radius 3 is 0.856 bits per heavy atom. The normalized spacial score (nSPS) is 11.1. The lowest BCUT2D eigenvalue weighted by atomic mass is 10.0. The molecule has 428 valence electrons. The van der Waals surface area contributed by atoms with Crippen molar-refractivity contribution < 1.29 is 0 Å². The number of hydrogen-bond donors (Lipinski definition) is 0. The van der Waals surface area contributed by atoms with Gasteiger partial charge in [0.05, 0.1) is 61.2 Å². The molecule has 8 nitrogen and oxygen atoms in total. The Labute approximate surface area is 522 Å². The summed E-state index contributed by atoms with van der Waals surface area (Å²) in [6.07, 6.45) is 1.81. The first-order chi connectivity index (χ1) is 44.2. The van der Waals surface area contributed by atoms with E-state index >= 15 is 0 Å². The van der Waals surface area contributed by atoms with Crippen molar-refractivity contribution in [3.63, 3.8) is 0 Å². The molecular weight excluding hydrogens is 1100 g/mol. The first-order valence-corrected chi connectivity index (χ1v) is 30.2. The molecule has 8 heterocycles. The molecule has 90 heavy (non-hydrogen) atoms. The molecule has 0 bridgehead atoms. The molecule has 0 saturated carbocycles. The summed E-state index contributed by atoms with van der Waals surface area (Å²) >= 11 is 0. The van der Waals surface area contributed by atoms with E-state index < -0.39 is 0 Å². The van der Waals surface area contributed by atoms with Gasteiger partial charge in [0.15, 0.2) is 0 Å². The Balaban J connectivity index is 0.000000107. The van der Waals surface area contributed by atoms with Crippen LogP contribution < -0.4 is 0 Å². The highest BCUT2D eigenvalue weighted by molar-refractivity contribution is 6.06. The smallest absolute Gasteiger partial charge is 0.0972 e. The minimum absolute atomic E-state index is 0.957. The molecule has 8 aromatic heterocycles. The van der Waals surface area contributed by atoms with Gasteiger partial charge in [-0.05, 0) is 105 Å². The molecule has 0 atom stereocenters. The van der Waals surface area contributed by atoms with Gasteiger partial charge in [0.2, 0.25) is 0 Å². The van der Waals surface area contributed by atoms with Crippen LogP contribution >= 0.6 is 0 Å². The molecule has 9 aromatic carbocycles. The predicted molar refractivity (Wildman–Crippen MR) is 374 cm³/mol. The van der Waals surface area contributed by atoms with Crippen LogP contribution in [0.15, 0.2) is 291 Å². The average Bonchev–Trinajstić information content (AvgIpc) is 0.974. The molecule has 17 aromatic rings. The number of aryl methyl sites for hydroxylation is 4. The Kier molecular flexibility index (Phi) is 15.5. The number of pyridine rings is 8. The Hall–Kier alpha value is -11.7. The lowest BCUT2D eigenvalue weighted by molar-refractivity contribution is 1.25. The van der Waals surface area contributed by atoms with Crippen LogP contribution in [-0.4, -0.2) is 39.9 Å². The van der Waals surface area contributed by atoms with E-state index in [1.54, 1.807) is 0 Å². The Morgan fingerprint density at radius 2 is 0.444 bits per heavy atom. The van der Waals surface area contributed by atoms with Gasteiger partial charge in [0.25, 0.3) is 0 Å².